The molecule has 4 aliphatic carbocycles. The molecule has 11 heteroatoms. The van der Waals surface area contributed by atoms with Crippen LogP contribution in [0.1, 0.15) is 65.4 Å². The summed E-state index contributed by atoms with van der Waals surface area (Å²) in [5.74, 6) is -4.66. The highest BCUT2D eigenvalue weighted by molar-refractivity contribution is 5.91. The van der Waals surface area contributed by atoms with Crippen LogP contribution in [0.3, 0.4) is 0 Å². The van der Waals surface area contributed by atoms with Crippen LogP contribution in [0.25, 0.3) is 0 Å². The summed E-state index contributed by atoms with van der Waals surface area (Å²) in [4.78, 5) is 39.5. The molecule has 0 radical (unpaired) electrons. The van der Waals surface area contributed by atoms with E-state index in [1.165, 1.54) is 20.1 Å². The maximum atomic E-state index is 14.9. The van der Waals surface area contributed by atoms with Gasteiger partial charge in [0.25, 0.3) is 0 Å². The summed E-state index contributed by atoms with van der Waals surface area (Å²) in [6.45, 7) is 7.59. The number of hydrogen-bond donors (Lipinski definition) is 4. The number of carbonyl (C=O) groups is 3. The molecule has 1 saturated heterocycles. The first kappa shape index (κ1) is 28.8. The average Bonchev–Trinajstić information content (AvgIpc) is 3.50. The van der Waals surface area contributed by atoms with E-state index in [1.807, 2.05) is 6.92 Å². The summed E-state index contributed by atoms with van der Waals surface area (Å²) in [7, 11) is 0. The molecular weight excluding hydrogens is 536 g/mol. The Kier molecular flexibility index (Phi) is 6.39. The Labute approximate surface area is 238 Å². The molecule has 5 fully saturated rings. The van der Waals surface area contributed by atoms with Gasteiger partial charge in [-0.2, -0.15) is 0 Å². The topological polar surface area (TPSA) is 173 Å². The zero-order valence-electron chi connectivity index (χ0n) is 24.0. The van der Waals surface area contributed by atoms with E-state index in [0.29, 0.717) is 0 Å². The minimum atomic E-state index is -1.38. The predicted octanol–water partition coefficient (Wildman–Crippen LogP) is 1.31. The fourth-order valence-electron chi connectivity index (χ4n) is 10.6. The number of aliphatic hydroxyl groups is 4. The van der Waals surface area contributed by atoms with E-state index in [9.17, 15) is 34.8 Å². The molecule has 2 bridgehead atoms. The van der Waals surface area contributed by atoms with Crippen LogP contribution in [-0.2, 0) is 28.6 Å². The first-order valence-electron chi connectivity index (χ1n) is 14.4. The predicted molar refractivity (Wildman–Crippen MR) is 139 cm³/mol. The van der Waals surface area contributed by atoms with Crippen LogP contribution in [0.5, 0.6) is 0 Å². The molecule has 2 heterocycles. The van der Waals surface area contributed by atoms with Crippen molar-refractivity contribution in [2.75, 3.05) is 6.61 Å². The standard InChI is InChI=1S/C30H40O11/c1-13(31)40-21-10-20(35)30-12-39-26(37)28(21,4)18(30)9-19(34)29(5)23-17(33)8-16(15-6-7-38-11-15)27(23,3)25(41-14(2)32)22(36)24(29)30/h6-7,11,16-21,23-26,33-35,37H,8-10,12H2,1-5H3/t16-,17-,18-,19+,20-,21+,23+,24-,25-,26?,27-,28+,29-,30+/m0/s1. The molecule has 5 aliphatic rings. The van der Waals surface area contributed by atoms with Crippen LogP contribution in [-0.4, -0.2) is 81.6 Å². The Balaban J connectivity index is 1.56. The van der Waals surface area contributed by atoms with Gasteiger partial charge in [-0.25, -0.2) is 0 Å². The molecule has 0 spiro atoms. The van der Waals surface area contributed by atoms with Crippen molar-refractivity contribution in [2.24, 2.45) is 39.4 Å². The molecule has 4 N–H and O–H groups in total. The highest BCUT2D eigenvalue weighted by Crippen LogP contribution is 2.75. The Bertz CT molecular complexity index is 1250. The van der Waals surface area contributed by atoms with E-state index >= 15 is 0 Å². The van der Waals surface area contributed by atoms with E-state index in [-0.39, 0.29) is 25.9 Å². The van der Waals surface area contributed by atoms with Gasteiger partial charge >= 0.3 is 11.9 Å². The molecule has 0 aromatic carbocycles. The van der Waals surface area contributed by atoms with Crippen LogP contribution in [0, 0.1) is 39.4 Å². The van der Waals surface area contributed by atoms with Gasteiger partial charge in [-0.3, -0.25) is 14.4 Å². The Morgan fingerprint density at radius 2 is 1.61 bits per heavy atom. The maximum absolute atomic E-state index is 14.9. The normalized spacial score (nSPS) is 52.2. The number of carbonyl (C=O) groups excluding carboxylic acids is 3. The molecule has 0 amide bonds. The van der Waals surface area contributed by atoms with Crippen LogP contribution in [0.15, 0.2) is 23.0 Å². The van der Waals surface area contributed by atoms with Crippen LogP contribution in [0.2, 0.25) is 0 Å². The van der Waals surface area contributed by atoms with Crippen molar-refractivity contribution in [3.63, 3.8) is 0 Å². The van der Waals surface area contributed by atoms with Gasteiger partial charge in [0.2, 0.25) is 0 Å². The van der Waals surface area contributed by atoms with Crippen molar-refractivity contribution in [1.29, 1.82) is 0 Å². The number of hydrogen-bond acceptors (Lipinski definition) is 11. The van der Waals surface area contributed by atoms with Crippen LogP contribution < -0.4 is 0 Å². The summed E-state index contributed by atoms with van der Waals surface area (Å²) in [6.07, 6.45) is -3.62. The summed E-state index contributed by atoms with van der Waals surface area (Å²) in [5.41, 5.74) is -4.19. The van der Waals surface area contributed by atoms with Gasteiger partial charge < -0.3 is 39.1 Å². The van der Waals surface area contributed by atoms with E-state index < -0.39 is 99.9 Å². The fourth-order valence-corrected chi connectivity index (χ4v) is 10.6. The second-order valence-corrected chi connectivity index (χ2v) is 13.7. The maximum Gasteiger partial charge on any atom is 0.303 e. The van der Waals surface area contributed by atoms with Crippen molar-refractivity contribution >= 4 is 17.7 Å². The zero-order valence-corrected chi connectivity index (χ0v) is 24.0. The average molecular weight is 577 g/mol. The Morgan fingerprint density at radius 1 is 0.927 bits per heavy atom. The number of furan rings is 1. The quantitative estimate of drug-likeness (QED) is 0.382. The van der Waals surface area contributed by atoms with Gasteiger partial charge in [0.1, 0.15) is 6.10 Å². The lowest BCUT2D eigenvalue weighted by Crippen LogP contribution is -2.80. The van der Waals surface area contributed by atoms with Crippen molar-refractivity contribution in [2.45, 2.75) is 96.6 Å². The second-order valence-electron chi connectivity index (χ2n) is 13.7. The lowest BCUT2D eigenvalue weighted by molar-refractivity contribution is -0.374. The monoisotopic (exact) mass is 576 g/mol. The highest BCUT2D eigenvalue weighted by Gasteiger charge is 2.82. The zero-order chi connectivity index (χ0) is 29.9. The van der Waals surface area contributed by atoms with Crippen molar-refractivity contribution < 1.29 is 53.4 Å². The smallest absolute Gasteiger partial charge is 0.303 e. The highest BCUT2D eigenvalue weighted by atomic mass is 16.6. The van der Waals surface area contributed by atoms with E-state index in [2.05, 4.69) is 0 Å². The third kappa shape index (κ3) is 3.41. The number of ketones is 1. The van der Waals surface area contributed by atoms with Crippen LogP contribution >= 0.6 is 0 Å². The first-order valence-corrected chi connectivity index (χ1v) is 14.4. The summed E-state index contributed by atoms with van der Waals surface area (Å²) in [6, 6.07) is 1.77. The van der Waals surface area contributed by atoms with Gasteiger partial charge in [0.15, 0.2) is 18.2 Å². The van der Waals surface area contributed by atoms with E-state index in [4.69, 9.17) is 18.6 Å². The molecule has 1 unspecified atom stereocenters. The van der Waals surface area contributed by atoms with Gasteiger partial charge in [-0.15, -0.1) is 0 Å². The van der Waals surface area contributed by atoms with Crippen molar-refractivity contribution in [1.82, 2.24) is 0 Å². The number of rotatable bonds is 3. The van der Waals surface area contributed by atoms with E-state index in [0.717, 1.165) is 5.56 Å². The second kappa shape index (κ2) is 9.09. The molecule has 1 aromatic heterocycles. The third-order valence-electron chi connectivity index (χ3n) is 12.1. The molecule has 1 aliphatic heterocycles. The lowest BCUT2D eigenvalue weighted by Gasteiger charge is -2.73. The Hall–Kier alpha value is -2.31. The number of Topliss-reactive ketones (excluding diaryl/α,β-unsaturated/α-hetero) is 1. The number of esters is 2. The van der Waals surface area contributed by atoms with E-state index in [1.54, 1.807) is 26.2 Å². The molecule has 14 atom stereocenters. The van der Waals surface area contributed by atoms with Crippen molar-refractivity contribution in [3.05, 3.63) is 24.2 Å². The SMILES string of the molecule is CC(=O)O[C@@H]1C[C@H](O)[C@@]23COC(O)[C@]1(C)[C@@H]2C[C@@H](O)[C@@]1(C)[C@@H]2[C@@H](O)C[C@@H](c4ccoc4)[C@]2(C)[C@@H](OC(C)=O)C(=O)[C@@H]13. The minimum absolute atomic E-state index is 0.0523. The van der Waals surface area contributed by atoms with Gasteiger partial charge in [0.05, 0.1) is 42.9 Å². The molecule has 41 heavy (non-hydrogen) atoms. The first-order chi connectivity index (χ1) is 19.2. The molecule has 1 aromatic rings. The molecule has 6 rings (SSSR count). The summed E-state index contributed by atoms with van der Waals surface area (Å²) in [5, 5.41) is 46.9. The lowest BCUT2D eigenvalue weighted by atomic mass is 9.33. The van der Waals surface area contributed by atoms with Crippen LogP contribution in [0.4, 0.5) is 0 Å². The molecule has 11 nitrogen and oxygen atoms in total. The minimum Gasteiger partial charge on any atom is -0.472 e. The molecule has 226 valence electrons. The fraction of sp³-hybridized carbons (Fsp3) is 0.767. The number of ether oxygens (including phenoxy) is 3. The molecule has 4 saturated carbocycles. The third-order valence-corrected chi connectivity index (χ3v) is 12.1. The summed E-state index contributed by atoms with van der Waals surface area (Å²) < 4.78 is 22.7. The Morgan fingerprint density at radius 3 is 2.22 bits per heavy atom. The van der Waals surface area contributed by atoms with Gasteiger partial charge in [0, 0.05) is 48.3 Å². The largest absolute Gasteiger partial charge is 0.472 e. The van der Waals surface area contributed by atoms with Crippen molar-refractivity contribution in [3.8, 4) is 0 Å². The number of fused-ring (bicyclic) bond motifs is 3. The molecular formula is C30H40O11. The van der Waals surface area contributed by atoms with Gasteiger partial charge in [-0.05, 0) is 36.3 Å². The summed E-state index contributed by atoms with van der Waals surface area (Å²) >= 11 is 0. The number of aliphatic hydroxyl groups excluding tert-OH is 4. The van der Waals surface area contributed by atoms with Gasteiger partial charge in [-0.1, -0.05) is 20.8 Å².